The zero-order valence-corrected chi connectivity index (χ0v) is 33.2. The number of carbonyl (C=O) groups excluding carboxylic acids is 3. The summed E-state index contributed by atoms with van der Waals surface area (Å²) in [6, 6.07) is 12.6. The standard InChI is InChI=1S/C20H32FN3O2.C20H31N3O3/c1-15(2)13-22-19(25)20(3,4)24-11-9-23(10-12-24)18-8-6-7-17(21)16(18)14-26-5;1-15(2)14-21-19(25)20(3,4)23-12-10-22(11-13-23)17-9-7-6-8-16(17)18(24)26-5/h6-8,15H,9-14H2,1-5H3,(H,22,25);6-9,15H,10-14H2,1-5H3,(H,21,25). The fraction of sp³-hybridized carbons (Fsp3) is 0.625. The number of para-hydroxylation sites is 1. The molecule has 0 bridgehead atoms. The van der Waals surface area contributed by atoms with E-state index in [1.807, 2.05) is 52.0 Å². The van der Waals surface area contributed by atoms with Crippen LogP contribution in [0.3, 0.4) is 0 Å². The minimum Gasteiger partial charge on any atom is -0.465 e. The van der Waals surface area contributed by atoms with Crippen molar-refractivity contribution in [2.75, 3.05) is 89.5 Å². The number of benzene rings is 2. The number of hydrogen-bond acceptors (Lipinski definition) is 9. The van der Waals surface area contributed by atoms with Crippen molar-refractivity contribution in [3.63, 3.8) is 0 Å². The maximum absolute atomic E-state index is 14.1. The third-order valence-corrected chi connectivity index (χ3v) is 9.97. The van der Waals surface area contributed by atoms with Crippen molar-refractivity contribution in [2.45, 2.75) is 73.1 Å². The van der Waals surface area contributed by atoms with Gasteiger partial charge in [0.1, 0.15) is 5.82 Å². The highest BCUT2D eigenvalue weighted by molar-refractivity contribution is 5.95. The Bertz CT molecular complexity index is 1470. The Morgan fingerprint density at radius 3 is 1.58 bits per heavy atom. The van der Waals surface area contributed by atoms with Crippen LogP contribution in [-0.4, -0.2) is 118 Å². The van der Waals surface area contributed by atoms with Crippen molar-refractivity contribution in [1.82, 2.24) is 20.4 Å². The number of hydrogen-bond donors (Lipinski definition) is 2. The second kappa shape index (κ2) is 19.4. The Morgan fingerprint density at radius 2 is 1.13 bits per heavy atom. The highest BCUT2D eigenvalue weighted by Gasteiger charge is 2.38. The van der Waals surface area contributed by atoms with Crippen molar-refractivity contribution in [3.05, 3.63) is 59.4 Å². The number of esters is 1. The molecule has 0 saturated carbocycles. The third kappa shape index (κ3) is 11.1. The summed E-state index contributed by atoms with van der Waals surface area (Å²) in [4.78, 5) is 45.9. The molecule has 290 valence electrons. The summed E-state index contributed by atoms with van der Waals surface area (Å²) in [5.74, 6) is 0.428. The maximum atomic E-state index is 14.1. The molecule has 2 N–H and O–H groups in total. The Balaban J connectivity index is 0.000000280. The van der Waals surface area contributed by atoms with E-state index in [1.54, 1.807) is 19.2 Å². The number of rotatable bonds is 13. The van der Waals surface area contributed by atoms with Crippen molar-refractivity contribution in [1.29, 1.82) is 0 Å². The summed E-state index contributed by atoms with van der Waals surface area (Å²) < 4.78 is 24.2. The molecule has 0 atom stereocenters. The number of anilines is 2. The summed E-state index contributed by atoms with van der Waals surface area (Å²) in [6.45, 7) is 23.9. The van der Waals surface area contributed by atoms with Crippen LogP contribution < -0.4 is 20.4 Å². The number of piperazine rings is 2. The van der Waals surface area contributed by atoms with E-state index < -0.39 is 11.1 Å². The van der Waals surface area contributed by atoms with Gasteiger partial charge >= 0.3 is 5.97 Å². The normalized spacial score (nSPS) is 16.0. The summed E-state index contributed by atoms with van der Waals surface area (Å²) in [5.41, 5.74) is 1.84. The number of methoxy groups -OCH3 is 2. The van der Waals surface area contributed by atoms with Gasteiger partial charge in [0.2, 0.25) is 11.8 Å². The second-order valence-corrected chi connectivity index (χ2v) is 15.5. The molecule has 2 amide bonds. The summed E-state index contributed by atoms with van der Waals surface area (Å²) >= 11 is 0. The topological polar surface area (TPSA) is 107 Å². The van der Waals surface area contributed by atoms with Gasteiger partial charge < -0.3 is 29.9 Å². The van der Waals surface area contributed by atoms with Gasteiger partial charge in [0.05, 0.1) is 36.0 Å². The van der Waals surface area contributed by atoms with Crippen molar-refractivity contribution >= 4 is 29.2 Å². The first-order valence-electron chi connectivity index (χ1n) is 18.5. The number of halogens is 1. The monoisotopic (exact) mass is 726 g/mol. The molecule has 4 rings (SSSR count). The first-order valence-corrected chi connectivity index (χ1v) is 18.5. The molecule has 2 aromatic rings. The number of nitrogens with zero attached hydrogens (tertiary/aromatic N) is 4. The van der Waals surface area contributed by atoms with Crippen molar-refractivity contribution in [2.24, 2.45) is 11.8 Å². The summed E-state index contributed by atoms with van der Waals surface area (Å²) in [7, 11) is 2.97. The SMILES string of the molecule is COC(=O)c1ccccc1N1CCN(C(C)(C)C(=O)NCC(C)C)CC1.COCc1c(F)cccc1N1CCN(C(C)(C)C(=O)NCC(C)C)CC1. The predicted octanol–water partition coefficient (Wildman–Crippen LogP) is 4.79. The number of carbonyl (C=O) groups is 3. The van der Waals surface area contributed by atoms with Crippen LogP contribution in [0.4, 0.5) is 15.8 Å². The van der Waals surface area contributed by atoms with Crippen LogP contribution in [0.15, 0.2) is 42.5 Å². The first-order chi connectivity index (χ1) is 24.5. The number of nitrogens with one attached hydrogen (secondary N) is 2. The molecule has 11 nitrogen and oxygen atoms in total. The van der Waals surface area contributed by atoms with Gasteiger partial charge in [0, 0.05) is 83.8 Å². The first kappa shape index (κ1) is 42.7. The van der Waals surface area contributed by atoms with E-state index in [9.17, 15) is 18.8 Å². The van der Waals surface area contributed by atoms with E-state index in [4.69, 9.17) is 9.47 Å². The van der Waals surface area contributed by atoms with Gasteiger partial charge in [0.15, 0.2) is 0 Å². The molecule has 0 radical (unpaired) electrons. The molecule has 0 aliphatic carbocycles. The predicted molar refractivity (Wildman–Crippen MR) is 206 cm³/mol. The Morgan fingerprint density at radius 1 is 0.692 bits per heavy atom. The molecular weight excluding hydrogens is 663 g/mol. The third-order valence-electron chi connectivity index (χ3n) is 9.97. The van der Waals surface area contributed by atoms with Crippen LogP contribution in [0.5, 0.6) is 0 Å². The molecule has 2 aliphatic rings. The van der Waals surface area contributed by atoms with Crippen molar-refractivity contribution in [3.8, 4) is 0 Å². The molecule has 2 aromatic carbocycles. The lowest BCUT2D eigenvalue weighted by Crippen LogP contribution is -2.61. The quantitative estimate of drug-likeness (QED) is 0.282. The van der Waals surface area contributed by atoms with E-state index in [1.165, 1.54) is 13.2 Å². The minimum absolute atomic E-state index is 0.0606. The van der Waals surface area contributed by atoms with Crippen LogP contribution in [-0.2, 0) is 25.7 Å². The van der Waals surface area contributed by atoms with Gasteiger partial charge in [-0.15, -0.1) is 0 Å². The van der Waals surface area contributed by atoms with E-state index in [-0.39, 0.29) is 30.2 Å². The molecule has 0 unspecified atom stereocenters. The maximum Gasteiger partial charge on any atom is 0.339 e. The summed E-state index contributed by atoms with van der Waals surface area (Å²) in [5, 5.41) is 6.07. The van der Waals surface area contributed by atoms with Gasteiger partial charge in [-0.1, -0.05) is 45.9 Å². The van der Waals surface area contributed by atoms with E-state index in [0.717, 1.165) is 63.7 Å². The number of ether oxygens (including phenoxy) is 2. The van der Waals surface area contributed by atoms with E-state index in [2.05, 4.69) is 57.9 Å². The van der Waals surface area contributed by atoms with Gasteiger partial charge in [0.25, 0.3) is 0 Å². The second-order valence-electron chi connectivity index (χ2n) is 15.5. The zero-order chi connectivity index (χ0) is 38.6. The molecule has 0 aromatic heterocycles. The van der Waals surface area contributed by atoms with Crippen molar-refractivity contribution < 1.29 is 28.2 Å². The van der Waals surface area contributed by atoms with Gasteiger partial charge in [-0.25, -0.2) is 9.18 Å². The fourth-order valence-corrected chi connectivity index (χ4v) is 6.49. The Kier molecular flexibility index (Phi) is 15.9. The Hall–Kier alpha value is -3.74. The van der Waals surface area contributed by atoms with Gasteiger partial charge in [-0.05, 0) is 63.8 Å². The summed E-state index contributed by atoms with van der Waals surface area (Å²) in [6.07, 6.45) is 0. The zero-order valence-electron chi connectivity index (χ0n) is 33.2. The molecule has 2 saturated heterocycles. The highest BCUT2D eigenvalue weighted by atomic mass is 19.1. The Labute approximate surface area is 311 Å². The largest absolute Gasteiger partial charge is 0.465 e. The molecule has 2 heterocycles. The van der Waals surface area contributed by atoms with Gasteiger partial charge in [-0.2, -0.15) is 0 Å². The molecule has 52 heavy (non-hydrogen) atoms. The smallest absolute Gasteiger partial charge is 0.339 e. The fourth-order valence-electron chi connectivity index (χ4n) is 6.49. The number of amides is 2. The van der Waals surface area contributed by atoms with Crippen LogP contribution in [0, 0.1) is 17.7 Å². The van der Waals surface area contributed by atoms with Gasteiger partial charge in [-0.3, -0.25) is 19.4 Å². The van der Waals surface area contributed by atoms with Crippen LogP contribution in [0.2, 0.25) is 0 Å². The highest BCUT2D eigenvalue weighted by Crippen LogP contribution is 2.28. The average molecular weight is 727 g/mol. The lowest BCUT2D eigenvalue weighted by molar-refractivity contribution is -0.132. The molecule has 2 fully saturated rings. The van der Waals surface area contributed by atoms with Crippen LogP contribution >= 0.6 is 0 Å². The minimum atomic E-state index is -0.557. The molecule has 0 spiro atoms. The average Bonchev–Trinajstić information content (AvgIpc) is 3.13. The van der Waals surface area contributed by atoms with E-state index in [0.29, 0.717) is 36.1 Å². The van der Waals surface area contributed by atoms with Crippen LogP contribution in [0.25, 0.3) is 0 Å². The van der Waals surface area contributed by atoms with Crippen LogP contribution in [0.1, 0.15) is 71.3 Å². The molecular formula is C40H63FN6O5. The van der Waals surface area contributed by atoms with E-state index >= 15 is 0 Å². The lowest BCUT2D eigenvalue weighted by atomic mass is 9.99. The molecule has 2 aliphatic heterocycles. The molecule has 12 heteroatoms. The lowest BCUT2D eigenvalue weighted by Gasteiger charge is -2.44.